The molecule has 1 aliphatic heterocycles. The summed E-state index contributed by atoms with van der Waals surface area (Å²) in [5, 5.41) is 13.1. The summed E-state index contributed by atoms with van der Waals surface area (Å²) in [6.45, 7) is 0. The zero-order valence-electron chi connectivity index (χ0n) is 13.2. The van der Waals surface area contributed by atoms with E-state index < -0.39 is 45.1 Å². The van der Waals surface area contributed by atoms with Crippen molar-refractivity contribution in [3.8, 4) is 0 Å². The molecule has 0 saturated carbocycles. The van der Waals surface area contributed by atoms with Crippen LogP contribution in [0.2, 0.25) is 5.02 Å². The van der Waals surface area contributed by atoms with Crippen LogP contribution in [-0.4, -0.2) is 36.6 Å². The summed E-state index contributed by atoms with van der Waals surface area (Å²) in [5.74, 6) is -3.28. The molecule has 0 aliphatic carbocycles. The van der Waals surface area contributed by atoms with Gasteiger partial charge < -0.3 is 10.4 Å². The van der Waals surface area contributed by atoms with E-state index >= 15 is 0 Å². The highest BCUT2D eigenvalue weighted by Gasteiger charge is 2.49. The summed E-state index contributed by atoms with van der Waals surface area (Å²) in [4.78, 5) is 25.0. The number of carbonyl (C=O) groups is 2. The number of amides is 1. The Balaban J connectivity index is 2.02. The van der Waals surface area contributed by atoms with Crippen molar-refractivity contribution in [2.45, 2.75) is 16.9 Å². The van der Waals surface area contributed by atoms with Crippen molar-refractivity contribution < 1.29 is 27.5 Å². The minimum atomic E-state index is -3.88. The molecule has 1 unspecified atom stereocenters. The fourth-order valence-electron chi connectivity index (χ4n) is 2.66. The lowest BCUT2D eigenvalue weighted by Gasteiger charge is -2.23. The summed E-state index contributed by atoms with van der Waals surface area (Å²) in [6.07, 6.45) is -0.618. The lowest BCUT2D eigenvalue weighted by molar-refractivity contribution is -0.129. The molecule has 1 aliphatic rings. The first-order valence-electron chi connectivity index (χ1n) is 7.50. The highest BCUT2D eigenvalue weighted by molar-refractivity contribution is 7.91. The quantitative estimate of drug-likeness (QED) is 0.757. The Morgan fingerprint density at radius 2 is 1.85 bits per heavy atom. The van der Waals surface area contributed by atoms with Gasteiger partial charge in [-0.3, -0.25) is 9.59 Å². The second kappa shape index (κ2) is 6.46. The maximum Gasteiger partial charge on any atom is 0.264 e. The van der Waals surface area contributed by atoms with Crippen LogP contribution in [0.1, 0.15) is 16.8 Å². The monoisotopic (exact) mass is 397 g/mol. The maximum absolute atomic E-state index is 13.0. The molecule has 9 heteroatoms. The van der Waals surface area contributed by atoms with Crippen LogP contribution in [-0.2, 0) is 14.6 Å². The van der Waals surface area contributed by atoms with Crippen LogP contribution in [0.3, 0.4) is 0 Å². The van der Waals surface area contributed by atoms with Gasteiger partial charge in [-0.25, -0.2) is 12.8 Å². The van der Waals surface area contributed by atoms with Crippen LogP contribution in [0.4, 0.5) is 10.1 Å². The van der Waals surface area contributed by atoms with E-state index in [1.165, 1.54) is 24.3 Å². The number of sulfone groups is 1. The fourth-order valence-corrected chi connectivity index (χ4v) is 4.38. The van der Waals surface area contributed by atoms with E-state index in [0.29, 0.717) is 0 Å². The normalized spacial score (nSPS) is 21.6. The fraction of sp³-hybridized carbons (Fsp3) is 0.176. The number of halogens is 2. The van der Waals surface area contributed by atoms with Crippen molar-refractivity contribution in [3.63, 3.8) is 0 Å². The number of benzene rings is 2. The van der Waals surface area contributed by atoms with E-state index in [9.17, 15) is 27.5 Å². The van der Waals surface area contributed by atoms with Crippen molar-refractivity contribution in [1.82, 2.24) is 0 Å². The van der Waals surface area contributed by atoms with Crippen LogP contribution < -0.4 is 5.32 Å². The Morgan fingerprint density at radius 1 is 1.19 bits per heavy atom. The summed E-state index contributed by atoms with van der Waals surface area (Å²) in [6, 6.07) is 8.28. The molecule has 1 heterocycles. The van der Waals surface area contributed by atoms with E-state index in [2.05, 4.69) is 5.32 Å². The third-order valence-electron chi connectivity index (χ3n) is 4.11. The van der Waals surface area contributed by atoms with Crippen LogP contribution in [0.5, 0.6) is 0 Å². The van der Waals surface area contributed by atoms with Crippen molar-refractivity contribution in [1.29, 1.82) is 0 Å². The minimum absolute atomic E-state index is 0.0930. The predicted molar refractivity (Wildman–Crippen MR) is 92.4 cm³/mol. The molecule has 26 heavy (non-hydrogen) atoms. The van der Waals surface area contributed by atoms with Crippen LogP contribution in [0.15, 0.2) is 47.4 Å². The third-order valence-corrected chi connectivity index (χ3v) is 6.11. The third kappa shape index (κ3) is 3.23. The van der Waals surface area contributed by atoms with Gasteiger partial charge >= 0.3 is 0 Å². The molecule has 6 nitrogen and oxygen atoms in total. The highest BCUT2D eigenvalue weighted by atomic mass is 35.5. The van der Waals surface area contributed by atoms with E-state index in [-0.39, 0.29) is 21.2 Å². The number of fused-ring (bicyclic) bond motifs is 1. The van der Waals surface area contributed by atoms with Crippen LogP contribution in [0, 0.1) is 5.82 Å². The van der Waals surface area contributed by atoms with Gasteiger partial charge in [0, 0.05) is 22.7 Å². The van der Waals surface area contributed by atoms with Gasteiger partial charge in [0.05, 0.1) is 10.6 Å². The zero-order valence-corrected chi connectivity index (χ0v) is 14.8. The molecule has 0 spiro atoms. The molecule has 1 amide bonds. The Kier molecular flexibility index (Phi) is 4.60. The second-order valence-electron chi connectivity index (χ2n) is 5.86. The molecule has 0 bridgehead atoms. The first kappa shape index (κ1) is 18.5. The number of Topliss-reactive ketones (excluding diaryl/α,β-unsaturated/α-hetero) is 1. The van der Waals surface area contributed by atoms with Crippen LogP contribution in [0.25, 0.3) is 0 Å². The van der Waals surface area contributed by atoms with Gasteiger partial charge in [0.1, 0.15) is 5.82 Å². The predicted octanol–water partition coefficient (Wildman–Crippen LogP) is 2.21. The number of hydrogen-bond donors (Lipinski definition) is 2. The van der Waals surface area contributed by atoms with Gasteiger partial charge in [0.25, 0.3) is 5.91 Å². The molecule has 2 aromatic carbocycles. The van der Waals surface area contributed by atoms with Crippen LogP contribution >= 0.6 is 11.6 Å². The number of rotatable bonds is 2. The largest absolute Gasteiger partial charge is 0.373 e. The number of nitrogens with one attached hydrogen (secondary N) is 1. The Hall–Kier alpha value is -2.29. The number of anilines is 1. The van der Waals surface area contributed by atoms with Crippen molar-refractivity contribution >= 4 is 38.8 Å². The first-order valence-corrected chi connectivity index (χ1v) is 9.53. The van der Waals surface area contributed by atoms with Gasteiger partial charge in [-0.05, 0) is 42.5 Å². The summed E-state index contributed by atoms with van der Waals surface area (Å²) in [7, 11) is -3.88. The minimum Gasteiger partial charge on any atom is -0.373 e. The topological polar surface area (TPSA) is 101 Å². The SMILES string of the molecule is O=C(Nc1ccc(F)cc1)C1(O)CCS(=O)(=O)c2ccc(Cl)cc2C1=O. The molecule has 3 rings (SSSR count). The highest BCUT2D eigenvalue weighted by Crippen LogP contribution is 2.32. The standard InChI is InChI=1S/C17H13ClFNO5S/c18-10-1-6-14-13(9-10)15(21)17(23,7-8-26(14,24)25)16(22)20-12-4-2-11(19)3-5-12/h1-6,9,23H,7-8H2,(H,20,22). The van der Waals surface area contributed by atoms with Gasteiger partial charge in [-0.15, -0.1) is 0 Å². The second-order valence-corrected chi connectivity index (χ2v) is 8.37. The molecule has 2 aromatic rings. The van der Waals surface area contributed by atoms with Crippen molar-refractivity contribution in [3.05, 3.63) is 58.9 Å². The molecule has 0 fully saturated rings. The summed E-state index contributed by atoms with van der Waals surface area (Å²) >= 11 is 5.84. The lowest BCUT2D eigenvalue weighted by Crippen LogP contribution is -2.50. The van der Waals surface area contributed by atoms with Gasteiger partial charge in [0.2, 0.25) is 11.4 Å². The Morgan fingerprint density at radius 3 is 2.50 bits per heavy atom. The molecular formula is C17H13ClFNO5S. The zero-order chi connectivity index (χ0) is 19.1. The number of ketones is 1. The average Bonchev–Trinajstić information content (AvgIpc) is 2.67. The van der Waals surface area contributed by atoms with Gasteiger partial charge in [0.15, 0.2) is 9.84 Å². The van der Waals surface area contributed by atoms with Crippen molar-refractivity contribution in [2.24, 2.45) is 0 Å². The Bertz CT molecular complexity index is 1010. The number of aliphatic hydroxyl groups is 1. The molecular weight excluding hydrogens is 385 g/mol. The van der Waals surface area contributed by atoms with Crippen molar-refractivity contribution in [2.75, 3.05) is 11.1 Å². The number of carbonyl (C=O) groups excluding carboxylic acids is 2. The summed E-state index contributed by atoms with van der Waals surface area (Å²) in [5.41, 5.74) is -2.79. The average molecular weight is 398 g/mol. The first-order chi connectivity index (χ1) is 12.1. The number of hydrogen-bond acceptors (Lipinski definition) is 5. The molecule has 0 aromatic heterocycles. The molecule has 0 saturated heterocycles. The lowest BCUT2D eigenvalue weighted by atomic mass is 9.89. The van der Waals surface area contributed by atoms with Gasteiger partial charge in [-0.2, -0.15) is 0 Å². The summed E-state index contributed by atoms with van der Waals surface area (Å²) < 4.78 is 37.7. The smallest absolute Gasteiger partial charge is 0.264 e. The molecule has 0 radical (unpaired) electrons. The maximum atomic E-state index is 13.0. The van der Waals surface area contributed by atoms with E-state index in [0.717, 1.165) is 18.2 Å². The van der Waals surface area contributed by atoms with Gasteiger partial charge in [-0.1, -0.05) is 11.6 Å². The van der Waals surface area contributed by atoms with E-state index in [1.807, 2.05) is 0 Å². The van der Waals surface area contributed by atoms with E-state index in [1.54, 1.807) is 0 Å². The molecule has 2 N–H and O–H groups in total. The van der Waals surface area contributed by atoms with E-state index in [4.69, 9.17) is 11.6 Å². The molecule has 1 atom stereocenters. The molecule has 136 valence electrons. The Labute approximate surface area is 153 Å².